The fourth-order valence-electron chi connectivity index (χ4n) is 3.99. The van der Waals surface area contributed by atoms with Crippen LogP contribution in [0.1, 0.15) is 43.3 Å². The Morgan fingerprint density at radius 2 is 1.79 bits per heavy atom. The van der Waals surface area contributed by atoms with Gasteiger partial charge in [0.1, 0.15) is 0 Å². The minimum Gasteiger partial charge on any atom is -0.493 e. The monoisotopic (exact) mass is 464 g/mol. The maximum atomic E-state index is 5.79. The van der Waals surface area contributed by atoms with Gasteiger partial charge in [0.25, 0.3) is 5.89 Å². The lowest BCUT2D eigenvalue weighted by Crippen LogP contribution is -2.46. The highest BCUT2D eigenvalue weighted by Gasteiger charge is 2.34. The van der Waals surface area contributed by atoms with Crippen LogP contribution < -0.4 is 14.8 Å². The van der Waals surface area contributed by atoms with Crippen LogP contribution in [-0.2, 0) is 0 Å². The Morgan fingerprint density at radius 1 is 1.06 bits per heavy atom. The molecule has 33 heavy (non-hydrogen) atoms. The first kappa shape index (κ1) is 22.8. The normalized spacial score (nSPS) is 16.1. The van der Waals surface area contributed by atoms with Crippen molar-refractivity contribution in [1.29, 1.82) is 0 Å². The highest BCUT2D eigenvalue weighted by atomic mass is 32.1. The molecule has 0 radical (unpaired) electrons. The number of rotatable bonds is 7. The van der Waals surface area contributed by atoms with Crippen LogP contribution >= 0.6 is 12.2 Å². The molecule has 172 valence electrons. The average molecular weight is 465 g/mol. The molecule has 2 aromatic carbocycles. The standard InChI is InChI=1S/C25H28N4O3S/c1-6-13-29-16(3)21(24-27-23(28-32-24)17-9-7-15(2)8-10-17)22(26-25(29)33)18-11-12-19(30-4)20(14-18)31-5/h7-12,14,22H,6,13H2,1-5H3,(H,26,33). The van der Waals surface area contributed by atoms with Crippen LogP contribution in [0.4, 0.5) is 0 Å². The van der Waals surface area contributed by atoms with Crippen LogP contribution in [0.5, 0.6) is 11.5 Å². The van der Waals surface area contributed by atoms with Gasteiger partial charge in [-0.1, -0.05) is 48.0 Å². The van der Waals surface area contributed by atoms with E-state index in [2.05, 4.69) is 22.3 Å². The molecule has 1 aliphatic heterocycles. The number of nitrogens with one attached hydrogen (secondary N) is 1. The third-order valence-corrected chi connectivity index (χ3v) is 6.09. The topological polar surface area (TPSA) is 72.7 Å². The smallest absolute Gasteiger partial charge is 0.258 e. The van der Waals surface area contributed by atoms with Gasteiger partial charge in [0, 0.05) is 17.8 Å². The van der Waals surface area contributed by atoms with Crippen molar-refractivity contribution in [3.05, 3.63) is 65.2 Å². The zero-order valence-electron chi connectivity index (χ0n) is 19.5. The molecule has 1 atom stereocenters. The van der Waals surface area contributed by atoms with E-state index < -0.39 is 0 Å². The first-order valence-corrected chi connectivity index (χ1v) is 11.3. The number of allylic oxidation sites excluding steroid dienone is 1. The summed E-state index contributed by atoms with van der Waals surface area (Å²) < 4.78 is 16.7. The molecular formula is C25H28N4O3S. The number of benzene rings is 2. The first-order valence-electron chi connectivity index (χ1n) is 10.9. The lowest BCUT2D eigenvalue weighted by Gasteiger charge is -2.37. The Kier molecular flexibility index (Phi) is 6.65. The Hall–Kier alpha value is -3.39. The molecule has 0 bridgehead atoms. The Morgan fingerprint density at radius 3 is 2.45 bits per heavy atom. The lowest BCUT2D eigenvalue weighted by molar-refractivity contribution is 0.354. The number of nitrogens with zero attached hydrogens (tertiary/aromatic N) is 3. The van der Waals surface area contributed by atoms with Gasteiger partial charge in [-0.05, 0) is 50.2 Å². The minimum absolute atomic E-state index is 0.281. The van der Waals surface area contributed by atoms with E-state index in [9.17, 15) is 0 Å². The number of hydrogen-bond donors (Lipinski definition) is 1. The summed E-state index contributed by atoms with van der Waals surface area (Å²) in [6.45, 7) is 7.00. The van der Waals surface area contributed by atoms with E-state index in [0.29, 0.717) is 28.3 Å². The molecule has 2 heterocycles. The number of thiocarbonyl (C=S) groups is 1. The van der Waals surface area contributed by atoms with Crippen LogP contribution in [-0.4, -0.2) is 40.9 Å². The molecule has 1 unspecified atom stereocenters. The van der Waals surface area contributed by atoms with Crippen molar-refractivity contribution in [1.82, 2.24) is 20.4 Å². The highest BCUT2D eigenvalue weighted by Crippen LogP contribution is 2.40. The summed E-state index contributed by atoms with van der Waals surface area (Å²) in [4.78, 5) is 6.84. The van der Waals surface area contributed by atoms with Crippen molar-refractivity contribution in [2.75, 3.05) is 20.8 Å². The predicted molar refractivity (Wildman–Crippen MR) is 132 cm³/mol. The van der Waals surface area contributed by atoms with Crippen LogP contribution in [0.15, 0.2) is 52.7 Å². The molecule has 0 saturated heterocycles. The van der Waals surface area contributed by atoms with Gasteiger partial charge in [0.05, 0.1) is 25.8 Å². The quantitative estimate of drug-likeness (QED) is 0.482. The summed E-state index contributed by atoms with van der Waals surface area (Å²) in [5.41, 5.74) is 4.90. The van der Waals surface area contributed by atoms with Crippen molar-refractivity contribution in [2.24, 2.45) is 0 Å². The van der Waals surface area contributed by atoms with Gasteiger partial charge in [-0.15, -0.1) is 0 Å². The fraction of sp³-hybridized carbons (Fsp3) is 0.320. The maximum absolute atomic E-state index is 5.79. The lowest BCUT2D eigenvalue weighted by atomic mass is 9.94. The molecule has 0 amide bonds. The SMILES string of the molecule is CCCN1C(=S)NC(c2ccc(OC)c(OC)c2)C(c2nc(-c3ccc(C)cc3)no2)=C1C. The molecule has 0 aliphatic carbocycles. The number of aromatic nitrogens is 2. The van der Waals surface area contributed by atoms with E-state index in [4.69, 9.17) is 31.2 Å². The van der Waals surface area contributed by atoms with Gasteiger partial charge in [0.2, 0.25) is 5.82 Å². The van der Waals surface area contributed by atoms with E-state index >= 15 is 0 Å². The summed E-state index contributed by atoms with van der Waals surface area (Å²) >= 11 is 5.71. The van der Waals surface area contributed by atoms with E-state index in [-0.39, 0.29) is 6.04 Å². The van der Waals surface area contributed by atoms with E-state index in [1.165, 1.54) is 5.56 Å². The Bertz CT molecular complexity index is 1190. The first-order chi connectivity index (χ1) is 16.0. The third kappa shape index (κ3) is 4.43. The number of methoxy groups -OCH3 is 2. The number of aryl methyl sites for hydroxylation is 1. The van der Waals surface area contributed by atoms with Crippen LogP contribution in [0, 0.1) is 6.92 Å². The van der Waals surface area contributed by atoms with Gasteiger partial charge >= 0.3 is 0 Å². The Labute approximate surface area is 199 Å². The number of hydrogen-bond acceptors (Lipinski definition) is 6. The Balaban J connectivity index is 1.82. The van der Waals surface area contributed by atoms with E-state index in [1.54, 1.807) is 14.2 Å². The second-order valence-corrected chi connectivity index (χ2v) is 8.32. The molecule has 0 fully saturated rings. The van der Waals surface area contributed by atoms with Crippen LogP contribution in [0.25, 0.3) is 17.0 Å². The van der Waals surface area contributed by atoms with Crippen LogP contribution in [0.3, 0.4) is 0 Å². The van der Waals surface area contributed by atoms with Gasteiger partial charge in [0.15, 0.2) is 16.6 Å². The van der Waals surface area contributed by atoms with Gasteiger partial charge in [-0.2, -0.15) is 4.98 Å². The van der Waals surface area contributed by atoms with Gasteiger partial charge in [-0.3, -0.25) is 0 Å². The second-order valence-electron chi connectivity index (χ2n) is 7.94. The molecule has 1 aromatic heterocycles. The highest BCUT2D eigenvalue weighted by molar-refractivity contribution is 7.80. The summed E-state index contributed by atoms with van der Waals surface area (Å²) in [6.07, 6.45) is 0.950. The van der Waals surface area contributed by atoms with Crippen molar-refractivity contribution >= 4 is 22.9 Å². The van der Waals surface area contributed by atoms with E-state index in [0.717, 1.165) is 35.4 Å². The third-order valence-electron chi connectivity index (χ3n) is 5.75. The molecule has 3 aromatic rings. The predicted octanol–water partition coefficient (Wildman–Crippen LogP) is 5.13. The zero-order chi connectivity index (χ0) is 23.5. The average Bonchev–Trinajstić information content (AvgIpc) is 3.31. The molecule has 0 spiro atoms. The molecular weight excluding hydrogens is 436 g/mol. The molecule has 1 aliphatic rings. The number of ether oxygens (including phenoxy) is 2. The van der Waals surface area contributed by atoms with E-state index in [1.807, 2.05) is 56.3 Å². The van der Waals surface area contributed by atoms with Crippen molar-refractivity contribution < 1.29 is 14.0 Å². The molecule has 4 rings (SSSR count). The zero-order valence-corrected chi connectivity index (χ0v) is 20.3. The van der Waals surface area contributed by atoms with Crippen molar-refractivity contribution in [3.8, 4) is 22.9 Å². The van der Waals surface area contributed by atoms with Gasteiger partial charge in [-0.25, -0.2) is 0 Å². The molecule has 8 heteroatoms. The summed E-state index contributed by atoms with van der Waals surface area (Å²) in [7, 11) is 3.24. The maximum Gasteiger partial charge on any atom is 0.258 e. The fourth-order valence-corrected chi connectivity index (χ4v) is 4.33. The van der Waals surface area contributed by atoms with Gasteiger partial charge < -0.3 is 24.2 Å². The largest absolute Gasteiger partial charge is 0.493 e. The van der Waals surface area contributed by atoms with Crippen molar-refractivity contribution in [2.45, 2.75) is 33.2 Å². The van der Waals surface area contributed by atoms with Crippen molar-refractivity contribution in [3.63, 3.8) is 0 Å². The van der Waals surface area contributed by atoms with Crippen LogP contribution in [0.2, 0.25) is 0 Å². The molecule has 7 nitrogen and oxygen atoms in total. The summed E-state index contributed by atoms with van der Waals surface area (Å²) in [5.74, 6) is 2.31. The molecule has 0 saturated carbocycles. The molecule has 1 N–H and O–H groups in total. The summed E-state index contributed by atoms with van der Waals surface area (Å²) in [6, 6.07) is 13.6. The minimum atomic E-state index is -0.281. The second kappa shape index (κ2) is 9.62. The summed E-state index contributed by atoms with van der Waals surface area (Å²) in [5, 5.41) is 8.39.